The fraction of sp³-hybridized carbons (Fsp3) is 0.520. The number of benzene rings is 1. The van der Waals surface area contributed by atoms with E-state index in [2.05, 4.69) is 11.0 Å². The van der Waals surface area contributed by atoms with Gasteiger partial charge in [0.25, 0.3) is 5.56 Å². The third kappa shape index (κ3) is 3.44. The van der Waals surface area contributed by atoms with E-state index in [4.69, 9.17) is 4.74 Å². The number of aromatic nitrogens is 1. The molecule has 3 heterocycles. The van der Waals surface area contributed by atoms with Crippen molar-refractivity contribution in [2.75, 3.05) is 20.2 Å². The lowest BCUT2D eigenvalue weighted by Gasteiger charge is -2.44. The number of rotatable bonds is 3. The SMILES string of the molecule is COc1ccc(-c2ccc3n(c2=O)C[C@@H]2C[C@@H]3CN(C(=O)C3CCCCC3)C2)cc1. The quantitative estimate of drug-likeness (QED) is 0.773. The standard InChI is InChI=1S/C25H30N2O3/c1-30-21-9-7-18(8-10-21)22-11-12-23-20-13-17(15-27(23)25(22)29)14-26(16-20)24(28)19-5-3-2-4-6-19/h7-12,17,19-20H,2-6,13-16H2,1H3/t17-,20-/m1/s1. The summed E-state index contributed by atoms with van der Waals surface area (Å²) in [4.78, 5) is 28.5. The van der Waals surface area contributed by atoms with Crippen molar-refractivity contribution in [1.82, 2.24) is 9.47 Å². The number of methoxy groups -OCH3 is 1. The van der Waals surface area contributed by atoms with Crippen molar-refractivity contribution in [3.8, 4) is 16.9 Å². The van der Waals surface area contributed by atoms with E-state index in [0.29, 0.717) is 18.4 Å². The van der Waals surface area contributed by atoms with Crippen LogP contribution >= 0.6 is 0 Å². The Morgan fingerprint density at radius 3 is 2.47 bits per heavy atom. The van der Waals surface area contributed by atoms with E-state index in [1.165, 1.54) is 19.3 Å². The Morgan fingerprint density at radius 2 is 1.73 bits per heavy atom. The number of amides is 1. The largest absolute Gasteiger partial charge is 0.497 e. The molecule has 2 atom stereocenters. The van der Waals surface area contributed by atoms with Gasteiger partial charge >= 0.3 is 0 Å². The molecule has 0 spiro atoms. The van der Waals surface area contributed by atoms with Gasteiger partial charge in [-0.15, -0.1) is 0 Å². The van der Waals surface area contributed by atoms with Crippen molar-refractivity contribution >= 4 is 5.91 Å². The molecule has 1 saturated carbocycles. The van der Waals surface area contributed by atoms with Gasteiger partial charge in [-0.2, -0.15) is 0 Å². The number of carbonyl (C=O) groups excluding carboxylic acids is 1. The van der Waals surface area contributed by atoms with Gasteiger partial charge in [0.1, 0.15) is 5.75 Å². The maximum Gasteiger partial charge on any atom is 0.258 e. The van der Waals surface area contributed by atoms with E-state index in [-0.39, 0.29) is 17.4 Å². The Hall–Kier alpha value is -2.56. The Labute approximate surface area is 177 Å². The summed E-state index contributed by atoms with van der Waals surface area (Å²) in [5.41, 5.74) is 2.83. The molecule has 0 radical (unpaired) electrons. The zero-order valence-corrected chi connectivity index (χ0v) is 17.7. The van der Waals surface area contributed by atoms with E-state index in [9.17, 15) is 9.59 Å². The highest BCUT2D eigenvalue weighted by Crippen LogP contribution is 2.37. The Morgan fingerprint density at radius 1 is 0.967 bits per heavy atom. The first-order chi connectivity index (χ1) is 14.6. The van der Waals surface area contributed by atoms with Crippen LogP contribution in [0.4, 0.5) is 0 Å². The summed E-state index contributed by atoms with van der Waals surface area (Å²) < 4.78 is 7.21. The number of pyridine rings is 1. The molecule has 0 N–H and O–H groups in total. The van der Waals surface area contributed by atoms with Crippen molar-refractivity contribution in [2.24, 2.45) is 11.8 Å². The fourth-order valence-corrected chi connectivity index (χ4v) is 5.72. The van der Waals surface area contributed by atoms with Gasteiger partial charge in [0.05, 0.1) is 7.11 Å². The van der Waals surface area contributed by atoms with Crippen LogP contribution in [0.5, 0.6) is 5.75 Å². The van der Waals surface area contributed by atoms with Crippen LogP contribution in [-0.2, 0) is 11.3 Å². The molecule has 1 aromatic heterocycles. The minimum atomic E-state index is 0.0828. The van der Waals surface area contributed by atoms with E-state index >= 15 is 0 Å². The second kappa shape index (κ2) is 7.93. The zero-order valence-electron chi connectivity index (χ0n) is 17.7. The summed E-state index contributed by atoms with van der Waals surface area (Å²) >= 11 is 0. The highest BCUT2D eigenvalue weighted by Gasteiger charge is 2.38. The summed E-state index contributed by atoms with van der Waals surface area (Å²) in [6, 6.07) is 11.7. The second-order valence-corrected chi connectivity index (χ2v) is 9.19. The van der Waals surface area contributed by atoms with Crippen LogP contribution in [0.2, 0.25) is 0 Å². The molecular weight excluding hydrogens is 376 g/mol. The molecule has 2 fully saturated rings. The van der Waals surface area contributed by atoms with Gasteiger partial charge in [0.2, 0.25) is 5.91 Å². The third-order valence-electron chi connectivity index (χ3n) is 7.27. The minimum Gasteiger partial charge on any atom is -0.497 e. The highest BCUT2D eigenvalue weighted by molar-refractivity contribution is 5.79. The molecule has 0 unspecified atom stereocenters. The van der Waals surface area contributed by atoms with Gasteiger partial charge in [-0.05, 0) is 55.0 Å². The van der Waals surface area contributed by atoms with Gasteiger partial charge in [-0.3, -0.25) is 9.59 Å². The number of hydrogen-bond acceptors (Lipinski definition) is 3. The monoisotopic (exact) mass is 406 g/mol. The van der Waals surface area contributed by atoms with Crippen LogP contribution in [-0.4, -0.2) is 35.6 Å². The van der Waals surface area contributed by atoms with Crippen molar-refractivity contribution in [1.29, 1.82) is 0 Å². The molecule has 30 heavy (non-hydrogen) atoms. The molecule has 2 aromatic rings. The zero-order chi connectivity index (χ0) is 20.7. The first-order valence-electron chi connectivity index (χ1n) is 11.3. The topological polar surface area (TPSA) is 51.5 Å². The highest BCUT2D eigenvalue weighted by atomic mass is 16.5. The number of hydrogen-bond donors (Lipinski definition) is 0. The fourth-order valence-electron chi connectivity index (χ4n) is 5.72. The molecule has 3 aliphatic rings. The maximum atomic E-state index is 13.3. The maximum absolute atomic E-state index is 13.3. The summed E-state index contributed by atoms with van der Waals surface area (Å²) in [5, 5.41) is 0. The average Bonchev–Trinajstić information content (AvgIpc) is 2.80. The average molecular weight is 407 g/mol. The van der Waals surface area contributed by atoms with Gasteiger partial charge in [-0.1, -0.05) is 31.4 Å². The van der Waals surface area contributed by atoms with E-state index in [0.717, 1.165) is 54.9 Å². The predicted molar refractivity (Wildman–Crippen MR) is 117 cm³/mol. The smallest absolute Gasteiger partial charge is 0.258 e. The van der Waals surface area contributed by atoms with Crippen LogP contribution < -0.4 is 10.3 Å². The van der Waals surface area contributed by atoms with Crippen molar-refractivity contribution < 1.29 is 9.53 Å². The first-order valence-corrected chi connectivity index (χ1v) is 11.3. The summed E-state index contributed by atoms with van der Waals surface area (Å²) in [6.07, 6.45) is 6.81. The molecular formula is C25H30N2O3. The summed E-state index contributed by atoms with van der Waals surface area (Å²) in [5.74, 6) is 2.00. The molecule has 1 saturated heterocycles. The number of nitrogens with zero attached hydrogens (tertiary/aromatic N) is 2. The van der Waals surface area contributed by atoms with Gasteiger partial charge in [0, 0.05) is 42.7 Å². The second-order valence-electron chi connectivity index (χ2n) is 9.19. The van der Waals surface area contributed by atoms with E-state index < -0.39 is 0 Å². The first kappa shape index (κ1) is 19.4. The molecule has 1 aliphatic carbocycles. The number of carbonyl (C=O) groups is 1. The van der Waals surface area contributed by atoms with Crippen molar-refractivity contribution in [3.05, 3.63) is 52.4 Å². The lowest BCUT2D eigenvalue weighted by Crippen LogP contribution is -2.50. The molecule has 2 bridgehead atoms. The van der Waals surface area contributed by atoms with Crippen LogP contribution in [0.1, 0.15) is 50.1 Å². The van der Waals surface area contributed by atoms with Crippen LogP contribution in [0.3, 0.4) is 0 Å². The number of ether oxygens (including phenoxy) is 1. The van der Waals surface area contributed by atoms with E-state index in [1.54, 1.807) is 7.11 Å². The summed E-state index contributed by atoms with van der Waals surface area (Å²) in [7, 11) is 1.64. The Balaban J connectivity index is 1.40. The Bertz CT molecular complexity index is 988. The normalized spacial score (nSPS) is 23.7. The van der Waals surface area contributed by atoms with Crippen LogP contribution in [0.25, 0.3) is 11.1 Å². The number of likely N-dealkylation sites (tertiary alicyclic amines) is 1. The van der Waals surface area contributed by atoms with Crippen LogP contribution in [0, 0.1) is 11.8 Å². The molecule has 5 nitrogen and oxygen atoms in total. The minimum absolute atomic E-state index is 0.0828. The van der Waals surface area contributed by atoms with Gasteiger partial charge in [-0.25, -0.2) is 0 Å². The molecule has 1 aromatic carbocycles. The lowest BCUT2D eigenvalue weighted by molar-refractivity contribution is -0.139. The van der Waals surface area contributed by atoms with Gasteiger partial charge < -0.3 is 14.2 Å². The molecule has 5 rings (SSSR count). The number of fused-ring (bicyclic) bond motifs is 4. The molecule has 5 heteroatoms. The number of piperidine rings is 1. The Kier molecular flexibility index (Phi) is 5.13. The summed E-state index contributed by atoms with van der Waals surface area (Å²) in [6.45, 7) is 2.26. The van der Waals surface area contributed by atoms with Gasteiger partial charge in [0.15, 0.2) is 0 Å². The predicted octanol–water partition coefficient (Wildman–Crippen LogP) is 4.05. The lowest BCUT2D eigenvalue weighted by atomic mass is 9.81. The van der Waals surface area contributed by atoms with Crippen molar-refractivity contribution in [3.63, 3.8) is 0 Å². The molecule has 2 aliphatic heterocycles. The molecule has 158 valence electrons. The molecule has 1 amide bonds. The third-order valence-corrected chi connectivity index (χ3v) is 7.27. The van der Waals surface area contributed by atoms with E-state index in [1.807, 2.05) is 34.9 Å². The van der Waals surface area contributed by atoms with Crippen molar-refractivity contribution in [2.45, 2.75) is 51.0 Å². The van der Waals surface area contributed by atoms with Crippen LogP contribution in [0.15, 0.2) is 41.2 Å².